The van der Waals surface area contributed by atoms with Gasteiger partial charge >= 0.3 is 0 Å². The summed E-state index contributed by atoms with van der Waals surface area (Å²) < 4.78 is 10.4. The van der Waals surface area contributed by atoms with Gasteiger partial charge in [-0.05, 0) is 35.4 Å². The van der Waals surface area contributed by atoms with Crippen LogP contribution in [-0.4, -0.2) is 58.0 Å². The Morgan fingerprint density at radius 3 is 2.34 bits per heavy atom. The molecule has 1 unspecified atom stereocenters. The van der Waals surface area contributed by atoms with Gasteiger partial charge in [0.25, 0.3) is 5.91 Å². The maximum absolute atomic E-state index is 13.4. The first-order valence-electron chi connectivity index (χ1n) is 10.3. The molecule has 1 heterocycles. The summed E-state index contributed by atoms with van der Waals surface area (Å²) in [6, 6.07) is 10.8. The highest BCUT2D eigenvalue weighted by Gasteiger charge is 2.44. The van der Waals surface area contributed by atoms with Crippen molar-refractivity contribution in [1.82, 2.24) is 4.90 Å². The largest absolute Gasteiger partial charge is 0.872 e. The summed E-state index contributed by atoms with van der Waals surface area (Å²) >= 11 is 6.19. The molecule has 8 heteroatoms. The van der Waals surface area contributed by atoms with E-state index in [-0.39, 0.29) is 16.2 Å². The van der Waals surface area contributed by atoms with E-state index in [4.69, 9.17) is 21.1 Å². The summed E-state index contributed by atoms with van der Waals surface area (Å²) in [4.78, 5) is 28.7. The number of nitrogens with one attached hydrogen (secondary N) is 1. The van der Waals surface area contributed by atoms with Crippen LogP contribution in [0.5, 0.6) is 11.5 Å². The number of carbonyl (C=O) groups is 2. The van der Waals surface area contributed by atoms with Crippen molar-refractivity contribution >= 4 is 29.1 Å². The lowest BCUT2D eigenvalue weighted by molar-refractivity contribution is -0.858. The second kappa shape index (κ2) is 10.1. The van der Waals surface area contributed by atoms with E-state index >= 15 is 0 Å². The van der Waals surface area contributed by atoms with Crippen molar-refractivity contribution in [3.05, 3.63) is 64.2 Å². The molecule has 0 bridgehead atoms. The Balaban J connectivity index is 2.10. The van der Waals surface area contributed by atoms with E-state index in [1.54, 1.807) is 43.5 Å². The molecule has 0 radical (unpaired) electrons. The molecular weight excluding hydrogens is 432 g/mol. The normalized spacial score (nSPS) is 17.8. The maximum Gasteiger partial charge on any atom is 0.295 e. The molecule has 3 rings (SSSR count). The molecule has 1 aliphatic rings. The molecule has 1 atom stereocenters. The number of rotatable bonds is 8. The van der Waals surface area contributed by atoms with Crippen molar-refractivity contribution < 1.29 is 29.1 Å². The lowest BCUT2D eigenvalue weighted by Gasteiger charge is -2.28. The molecule has 0 saturated carbocycles. The van der Waals surface area contributed by atoms with E-state index in [1.807, 2.05) is 14.1 Å². The predicted octanol–water partition coefficient (Wildman–Crippen LogP) is 1.12. The van der Waals surface area contributed by atoms with E-state index in [1.165, 1.54) is 23.0 Å². The fourth-order valence-electron chi connectivity index (χ4n) is 3.80. The van der Waals surface area contributed by atoms with Gasteiger partial charge in [0, 0.05) is 18.5 Å². The number of carbonyl (C=O) groups excluding carboxylic acids is 2. The van der Waals surface area contributed by atoms with Gasteiger partial charge in [0.15, 0.2) is 0 Å². The summed E-state index contributed by atoms with van der Waals surface area (Å²) in [6.45, 7) is 1.19. The van der Waals surface area contributed by atoms with Gasteiger partial charge in [-0.25, -0.2) is 0 Å². The standard InChI is InChI=1S/C24H27ClN2O5/c1-26(2)12-5-13-27-21(15-6-9-17(31-3)10-7-15)20(23(29)24(27)30)22(28)16-8-11-19(32-4)18(25)14-16/h6-11,14,21,28H,5,12-13H2,1-4H3/b22-20+. The highest BCUT2D eigenvalue weighted by atomic mass is 35.5. The topological polar surface area (TPSA) is 83.3 Å². The number of halogens is 1. The predicted molar refractivity (Wildman–Crippen MR) is 120 cm³/mol. The van der Waals surface area contributed by atoms with Crippen LogP contribution in [0.3, 0.4) is 0 Å². The molecule has 0 spiro atoms. The van der Waals surface area contributed by atoms with E-state index < -0.39 is 23.5 Å². The van der Waals surface area contributed by atoms with Gasteiger partial charge in [-0.3, -0.25) is 9.59 Å². The van der Waals surface area contributed by atoms with Crippen LogP contribution >= 0.6 is 11.6 Å². The van der Waals surface area contributed by atoms with Crippen LogP contribution in [-0.2, 0) is 9.59 Å². The summed E-state index contributed by atoms with van der Waals surface area (Å²) in [5.74, 6) is -0.902. The number of hydrogen-bond donors (Lipinski definition) is 1. The van der Waals surface area contributed by atoms with Crippen molar-refractivity contribution in [2.45, 2.75) is 12.5 Å². The first-order chi connectivity index (χ1) is 15.3. The smallest absolute Gasteiger partial charge is 0.295 e. The highest BCUT2D eigenvalue weighted by Crippen LogP contribution is 2.40. The lowest BCUT2D eigenvalue weighted by atomic mass is 9.95. The first-order valence-corrected chi connectivity index (χ1v) is 10.7. The maximum atomic E-state index is 13.4. The number of Topliss-reactive ketones (excluding diaryl/α,β-unsaturated/α-hetero) is 1. The summed E-state index contributed by atoms with van der Waals surface area (Å²) in [7, 11) is 7.07. The Kier molecular flexibility index (Phi) is 7.43. The number of nitrogens with zero attached hydrogens (tertiary/aromatic N) is 1. The zero-order valence-corrected chi connectivity index (χ0v) is 19.4. The van der Waals surface area contributed by atoms with Crippen molar-refractivity contribution in [3.63, 3.8) is 0 Å². The lowest BCUT2D eigenvalue weighted by Crippen LogP contribution is -3.05. The van der Waals surface area contributed by atoms with Gasteiger partial charge in [0.1, 0.15) is 11.5 Å². The van der Waals surface area contributed by atoms with Crippen LogP contribution in [0.25, 0.3) is 5.76 Å². The first kappa shape index (κ1) is 23.6. The summed E-state index contributed by atoms with van der Waals surface area (Å²) in [5.41, 5.74) is 0.828. The molecule has 0 aliphatic carbocycles. The Bertz CT molecular complexity index is 1030. The van der Waals surface area contributed by atoms with Gasteiger partial charge in [0.05, 0.1) is 45.9 Å². The molecule has 1 amide bonds. The van der Waals surface area contributed by atoms with Crippen LogP contribution in [0, 0.1) is 0 Å². The van der Waals surface area contributed by atoms with E-state index in [0.29, 0.717) is 30.0 Å². The molecular formula is C24H27ClN2O5. The van der Waals surface area contributed by atoms with Gasteiger partial charge in [0.2, 0.25) is 5.78 Å². The monoisotopic (exact) mass is 458 g/mol. The number of quaternary nitrogens is 1. The molecule has 1 fully saturated rings. The van der Waals surface area contributed by atoms with E-state index in [2.05, 4.69) is 0 Å². The number of benzene rings is 2. The number of likely N-dealkylation sites (tertiary alicyclic amines) is 1. The van der Waals surface area contributed by atoms with Crippen LogP contribution in [0.2, 0.25) is 5.02 Å². The molecule has 32 heavy (non-hydrogen) atoms. The number of ether oxygens (including phenoxy) is 2. The van der Waals surface area contributed by atoms with Gasteiger partial charge in [-0.1, -0.05) is 35.6 Å². The SMILES string of the molecule is COc1ccc(C2/C(=C(\[O-])c3ccc(OC)c(Cl)c3)C(=O)C(=O)N2CCC[NH+](C)C)cc1. The second-order valence-electron chi connectivity index (χ2n) is 7.91. The third kappa shape index (κ3) is 4.74. The van der Waals surface area contributed by atoms with Crippen molar-refractivity contribution in [2.24, 2.45) is 0 Å². The molecule has 2 aromatic carbocycles. The van der Waals surface area contributed by atoms with Gasteiger partial charge in [-0.15, -0.1) is 0 Å². The summed E-state index contributed by atoms with van der Waals surface area (Å²) in [5, 5.41) is 13.7. The van der Waals surface area contributed by atoms with Crippen molar-refractivity contribution in [1.29, 1.82) is 0 Å². The van der Waals surface area contributed by atoms with Crippen LogP contribution in [0.4, 0.5) is 0 Å². The zero-order chi connectivity index (χ0) is 23.4. The fraction of sp³-hybridized carbons (Fsp3) is 0.333. The quantitative estimate of drug-likeness (QED) is 0.364. The highest BCUT2D eigenvalue weighted by molar-refractivity contribution is 6.46. The third-order valence-corrected chi connectivity index (χ3v) is 5.75. The Morgan fingerprint density at radius 2 is 1.78 bits per heavy atom. The molecule has 1 N–H and O–H groups in total. The van der Waals surface area contributed by atoms with Crippen LogP contribution in [0.1, 0.15) is 23.6 Å². The molecule has 1 aliphatic heterocycles. The van der Waals surface area contributed by atoms with Crippen molar-refractivity contribution in [2.75, 3.05) is 41.4 Å². The Morgan fingerprint density at radius 1 is 1.09 bits per heavy atom. The van der Waals surface area contributed by atoms with Crippen molar-refractivity contribution in [3.8, 4) is 11.5 Å². The van der Waals surface area contributed by atoms with Gasteiger partial charge in [-0.2, -0.15) is 0 Å². The second-order valence-corrected chi connectivity index (χ2v) is 8.31. The minimum Gasteiger partial charge on any atom is -0.872 e. The number of hydrogen-bond acceptors (Lipinski definition) is 5. The molecule has 0 aromatic heterocycles. The average Bonchev–Trinajstić information content (AvgIpc) is 3.03. The minimum atomic E-state index is -0.778. The van der Waals surface area contributed by atoms with E-state index in [0.717, 1.165) is 6.54 Å². The van der Waals surface area contributed by atoms with Crippen LogP contribution in [0.15, 0.2) is 48.0 Å². The van der Waals surface area contributed by atoms with Crippen LogP contribution < -0.4 is 19.5 Å². The van der Waals surface area contributed by atoms with E-state index in [9.17, 15) is 14.7 Å². The van der Waals surface area contributed by atoms with Gasteiger partial charge < -0.3 is 24.4 Å². The molecule has 7 nitrogen and oxygen atoms in total. The number of methoxy groups -OCH3 is 2. The molecule has 2 aromatic rings. The Labute approximate surface area is 192 Å². The minimum absolute atomic E-state index is 0.0707. The molecule has 170 valence electrons. The third-order valence-electron chi connectivity index (χ3n) is 5.45. The fourth-order valence-corrected chi connectivity index (χ4v) is 4.06. The average molecular weight is 459 g/mol. The summed E-state index contributed by atoms with van der Waals surface area (Å²) in [6.07, 6.45) is 0.698. The number of amides is 1. The molecule has 1 saturated heterocycles. The Hall–Kier alpha value is -3.03. The number of ketones is 1. The zero-order valence-electron chi connectivity index (χ0n) is 18.6.